The molecule has 0 spiro atoms. The molecule has 2 rings (SSSR count). The molecule has 2 N–H and O–H groups in total. The molecule has 2 atom stereocenters. The molecule has 17 heavy (non-hydrogen) atoms. The fourth-order valence-corrected chi connectivity index (χ4v) is 2.36. The maximum absolute atomic E-state index is 12.1. The summed E-state index contributed by atoms with van der Waals surface area (Å²) in [7, 11) is 0. The summed E-state index contributed by atoms with van der Waals surface area (Å²) in [6.07, 6.45) is 2.63. The second-order valence-electron chi connectivity index (χ2n) is 4.83. The third-order valence-electron chi connectivity index (χ3n) is 3.49. The topological polar surface area (TPSA) is 55.4 Å². The molecule has 2 heterocycles. The number of ether oxygens (including phenoxy) is 2. The Bertz CT molecular complexity index is 248. The van der Waals surface area contributed by atoms with Gasteiger partial charge in [-0.15, -0.1) is 0 Å². The van der Waals surface area contributed by atoms with Gasteiger partial charge in [0, 0.05) is 19.7 Å². The van der Waals surface area contributed by atoms with E-state index in [9.17, 15) is 4.79 Å². The highest BCUT2D eigenvalue weighted by molar-refractivity contribution is 5.80. The number of amides is 1. The Morgan fingerprint density at radius 1 is 1.41 bits per heavy atom. The van der Waals surface area contributed by atoms with E-state index < -0.39 is 0 Å². The van der Waals surface area contributed by atoms with E-state index >= 15 is 0 Å². The van der Waals surface area contributed by atoms with Gasteiger partial charge in [0.05, 0.1) is 13.2 Å². The van der Waals surface area contributed by atoms with Crippen molar-refractivity contribution in [3.8, 4) is 0 Å². The number of hydrogen-bond acceptors (Lipinski definition) is 3. The molecule has 0 aliphatic carbocycles. The van der Waals surface area contributed by atoms with Crippen molar-refractivity contribution in [2.75, 3.05) is 39.5 Å². The van der Waals surface area contributed by atoms with E-state index in [-0.39, 0.29) is 11.9 Å². The predicted octanol–water partition coefficient (Wildman–Crippen LogP) is -1.02. The summed E-state index contributed by atoms with van der Waals surface area (Å²) in [5.74, 6) is 0.228. The van der Waals surface area contributed by atoms with Crippen LogP contribution in [0.5, 0.6) is 0 Å². The molecule has 0 saturated carbocycles. The second kappa shape index (κ2) is 6.33. The van der Waals surface area contributed by atoms with Crippen LogP contribution < -0.4 is 5.32 Å². The van der Waals surface area contributed by atoms with Crippen molar-refractivity contribution in [3.63, 3.8) is 0 Å². The van der Waals surface area contributed by atoms with Crippen LogP contribution in [0.15, 0.2) is 0 Å². The van der Waals surface area contributed by atoms with Gasteiger partial charge in [0.2, 0.25) is 0 Å². The first-order chi connectivity index (χ1) is 8.27. The number of morpholine rings is 1. The number of nitrogens with zero attached hydrogens (tertiary/aromatic N) is 1. The third-order valence-corrected chi connectivity index (χ3v) is 3.49. The molecule has 98 valence electrons. The molecule has 0 aromatic heterocycles. The number of carbonyl (C=O) groups is 1. The van der Waals surface area contributed by atoms with Crippen molar-refractivity contribution in [1.82, 2.24) is 4.90 Å². The summed E-state index contributed by atoms with van der Waals surface area (Å²) in [5, 5.41) is 2.10. The molecule has 5 heteroatoms. The standard InChI is InChI=1S/C12H22N2O3/c1-10(13-9-11-3-2-6-17-11)12(15)14-4-7-16-8-5-14/h10-11,13H,2-9H2,1H3/p+1/t10-,11-/m1/s1. The maximum Gasteiger partial charge on any atom is 0.280 e. The fourth-order valence-electron chi connectivity index (χ4n) is 2.36. The van der Waals surface area contributed by atoms with Gasteiger partial charge in [-0.25, -0.2) is 0 Å². The van der Waals surface area contributed by atoms with Gasteiger partial charge < -0.3 is 19.7 Å². The Hall–Kier alpha value is -0.650. The summed E-state index contributed by atoms with van der Waals surface area (Å²) < 4.78 is 10.8. The van der Waals surface area contributed by atoms with Crippen molar-refractivity contribution in [3.05, 3.63) is 0 Å². The quantitative estimate of drug-likeness (QED) is 0.687. The molecular formula is C12H23N2O3+. The van der Waals surface area contributed by atoms with Crippen molar-refractivity contribution in [2.24, 2.45) is 0 Å². The van der Waals surface area contributed by atoms with Crippen LogP contribution in [0.1, 0.15) is 19.8 Å². The lowest BCUT2D eigenvalue weighted by Gasteiger charge is -2.28. The van der Waals surface area contributed by atoms with Crippen molar-refractivity contribution < 1.29 is 19.6 Å². The van der Waals surface area contributed by atoms with Gasteiger partial charge in [-0.2, -0.15) is 0 Å². The van der Waals surface area contributed by atoms with Gasteiger partial charge >= 0.3 is 0 Å². The lowest BCUT2D eigenvalue weighted by molar-refractivity contribution is -0.679. The first kappa shape index (κ1) is 12.8. The Balaban J connectivity index is 1.70. The Labute approximate surface area is 102 Å². The molecule has 0 bridgehead atoms. The zero-order valence-corrected chi connectivity index (χ0v) is 10.6. The molecule has 0 aromatic rings. The molecule has 2 saturated heterocycles. The Kier molecular flexibility index (Phi) is 4.76. The molecule has 0 aromatic carbocycles. The zero-order chi connectivity index (χ0) is 12.1. The molecule has 2 aliphatic rings. The summed E-state index contributed by atoms with van der Waals surface area (Å²) in [5.41, 5.74) is 0. The molecule has 0 unspecified atom stereocenters. The van der Waals surface area contributed by atoms with Crippen LogP contribution in [-0.4, -0.2) is 62.4 Å². The highest BCUT2D eigenvalue weighted by Gasteiger charge is 2.26. The second-order valence-corrected chi connectivity index (χ2v) is 4.83. The summed E-state index contributed by atoms with van der Waals surface area (Å²) in [4.78, 5) is 14.0. The summed E-state index contributed by atoms with van der Waals surface area (Å²) >= 11 is 0. The van der Waals surface area contributed by atoms with E-state index in [0.717, 1.165) is 39.1 Å². The number of hydrogen-bond donors (Lipinski definition) is 1. The Morgan fingerprint density at radius 3 is 2.82 bits per heavy atom. The highest BCUT2D eigenvalue weighted by atomic mass is 16.5. The van der Waals surface area contributed by atoms with E-state index in [1.165, 1.54) is 0 Å². The minimum absolute atomic E-state index is 0.00250. The van der Waals surface area contributed by atoms with E-state index in [1.807, 2.05) is 11.8 Å². The van der Waals surface area contributed by atoms with Gasteiger partial charge in [-0.3, -0.25) is 4.79 Å². The van der Waals surface area contributed by atoms with Crippen LogP contribution >= 0.6 is 0 Å². The van der Waals surface area contributed by atoms with Gasteiger partial charge in [-0.05, 0) is 19.8 Å². The first-order valence-electron chi connectivity index (χ1n) is 6.59. The highest BCUT2D eigenvalue weighted by Crippen LogP contribution is 2.09. The first-order valence-corrected chi connectivity index (χ1v) is 6.59. The molecular weight excluding hydrogens is 220 g/mol. The average molecular weight is 243 g/mol. The van der Waals surface area contributed by atoms with Crippen LogP contribution in [0.3, 0.4) is 0 Å². The van der Waals surface area contributed by atoms with Crippen LogP contribution in [0, 0.1) is 0 Å². The molecule has 1 amide bonds. The monoisotopic (exact) mass is 243 g/mol. The van der Waals surface area contributed by atoms with Crippen LogP contribution in [0.25, 0.3) is 0 Å². The smallest absolute Gasteiger partial charge is 0.280 e. The van der Waals surface area contributed by atoms with Crippen molar-refractivity contribution in [1.29, 1.82) is 0 Å². The zero-order valence-electron chi connectivity index (χ0n) is 10.6. The van der Waals surface area contributed by atoms with E-state index in [4.69, 9.17) is 9.47 Å². The number of carbonyl (C=O) groups excluding carboxylic acids is 1. The molecule has 0 radical (unpaired) electrons. The maximum atomic E-state index is 12.1. The normalized spacial score (nSPS) is 27.1. The van der Waals surface area contributed by atoms with Crippen LogP contribution in [-0.2, 0) is 14.3 Å². The summed E-state index contributed by atoms with van der Waals surface area (Å²) in [6, 6.07) is -0.00250. The van der Waals surface area contributed by atoms with Gasteiger partial charge in [0.25, 0.3) is 5.91 Å². The van der Waals surface area contributed by atoms with Crippen LogP contribution in [0.4, 0.5) is 0 Å². The van der Waals surface area contributed by atoms with Crippen LogP contribution in [0.2, 0.25) is 0 Å². The van der Waals surface area contributed by atoms with Crippen molar-refractivity contribution in [2.45, 2.75) is 31.9 Å². The Morgan fingerprint density at radius 2 is 2.18 bits per heavy atom. The van der Waals surface area contributed by atoms with E-state index in [1.54, 1.807) is 0 Å². The minimum atomic E-state index is -0.00250. The van der Waals surface area contributed by atoms with Gasteiger partial charge in [0.1, 0.15) is 12.6 Å². The minimum Gasteiger partial charge on any atom is -0.378 e. The van der Waals surface area contributed by atoms with Gasteiger partial charge in [-0.1, -0.05) is 0 Å². The third kappa shape index (κ3) is 3.66. The molecule has 2 aliphatic heterocycles. The fraction of sp³-hybridized carbons (Fsp3) is 0.917. The molecule has 5 nitrogen and oxygen atoms in total. The van der Waals surface area contributed by atoms with Crippen molar-refractivity contribution >= 4 is 5.91 Å². The van der Waals surface area contributed by atoms with E-state index in [2.05, 4.69) is 5.32 Å². The number of quaternary nitrogens is 1. The predicted molar refractivity (Wildman–Crippen MR) is 62.6 cm³/mol. The molecule has 2 fully saturated rings. The lowest BCUT2D eigenvalue weighted by Crippen LogP contribution is -2.93. The van der Waals surface area contributed by atoms with Gasteiger partial charge in [0.15, 0.2) is 6.04 Å². The largest absolute Gasteiger partial charge is 0.378 e. The lowest BCUT2D eigenvalue weighted by atomic mass is 10.2. The average Bonchev–Trinajstić information content (AvgIpc) is 2.89. The number of nitrogens with two attached hydrogens (primary N) is 1. The SMILES string of the molecule is C[C@@H]([NH2+]C[C@H]1CCCO1)C(=O)N1CCOCC1. The summed E-state index contributed by atoms with van der Waals surface area (Å²) in [6.45, 7) is 6.57. The van der Waals surface area contributed by atoms with E-state index in [0.29, 0.717) is 19.3 Å². The number of rotatable bonds is 4.